The topological polar surface area (TPSA) is 65.1 Å². The Bertz CT molecular complexity index is 1290. The van der Waals surface area contributed by atoms with Gasteiger partial charge in [0.15, 0.2) is 0 Å². The van der Waals surface area contributed by atoms with E-state index in [-0.39, 0.29) is 23.9 Å². The minimum absolute atomic E-state index is 0.0797. The molecule has 0 radical (unpaired) electrons. The zero-order valence-electron chi connectivity index (χ0n) is 24.4. The first kappa shape index (κ1) is 29.6. The van der Waals surface area contributed by atoms with Gasteiger partial charge in [0.2, 0.25) is 5.91 Å². The number of piperazine rings is 1. The molecule has 3 aromatic carbocycles. The summed E-state index contributed by atoms with van der Waals surface area (Å²) in [7, 11) is 0. The van der Waals surface area contributed by atoms with E-state index >= 15 is 0 Å². The summed E-state index contributed by atoms with van der Waals surface area (Å²) in [6.07, 6.45) is 2.76. The number of piperidine rings is 1. The number of rotatable bonds is 9. The molecule has 8 heteroatoms. The molecule has 3 aromatic rings. The van der Waals surface area contributed by atoms with Crippen LogP contribution >= 0.6 is 0 Å². The first-order chi connectivity index (χ1) is 20.4. The standard InChI is InChI=1S/C34H41FN4O3/c1-26-23-37(21-22-39(26)34(41)42-25-29-5-3-2-4-6-29)24-28-9-7-27(8-10-28)11-16-33(40)38-19-17-32(18-20-38)36-31-14-12-30(35)13-15-31/h2-10,12-15,26,32,36H,11,16-25H2,1H3/t26-/m0/s1. The van der Waals surface area contributed by atoms with E-state index in [0.717, 1.165) is 63.2 Å². The molecule has 2 aliphatic rings. The molecule has 1 atom stereocenters. The van der Waals surface area contributed by atoms with E-state index in [1.807, 2.05) is 40.1 Å². The fourth-order valence-corrected chi connectivity index (χ4v) is 5.78. The van der Waals surface area contributed by atoms with E-state index in [4.69, 9.17) is 4.74 Å². The number of hydrogen-bond acceptors (Lipinski definition) is 5. The summed E-state index contributed by atoms with van der Waals surface area (Å²) in [6, 6.07) is 25.1. The van der Waals surface area contributed by atoms with Gasteiger partial charge in [-0.1, -0.05) is 54.6 Å². The van der Waals surface area contributed by atoms with Gasteiger partial charge < -0.3 is 19.9 Å². The number of nitrogens with one attached hydrogen (secondary N) is 1. The quantitative estimate of drug-likeness (QED) is 0.356. The molecule has 0 bridgehead atoms. The van der Waals surface area contributed by atoms with Gasteiger partial charge in [-0.3, -0.25) is 9.69 Å². The van der Waals surface area contributed by atoms with Gasteiger partial charge in [-0.25, -0.2) is 9.18 Å². The van der Waals surface area contributed by atoms with Crippen molar-refractivity contribution in [3.63, 3.8) is 0 Å². The Morgan fingerprint density at radius 1 is 0.857 bits per heavy atom. The van der Waals surface area contributed by atoms with Gasteiger partial charge in [0.1, 0.15) is 12.4 Å². The average Bonchev–Trinajstić information content (AvgIpc) is 3.01. The zero-order chi connectivity index (χ0) is 29.3. The number of hydrogen-bond donors (Lipinski definition) is 1. The van der Waals surface area contributed by atoms with Gasteiger partial charge in [0, 0.05) is 63.5 Å². The Kier molecular flexibility index (Phi) is 10.1. The van der Waals surface area contributed by atoms with E-state index in [0.29, 0.717) is 25.6 Å². The van der Waals surface area contributed by atoms with Crippen LogP contribution in [0.2, 0.25) is 0 Å². The van der Waals surface area contributed by atoms with Gasteiger partial charge in [0.25, 0.3) is 0 Å². The zero-order valence-corrected chi connectivity index (χ0v) is 24.4. The fourth-order valence-electron chi connectivity index (χ4n) is 5.78. The molecule has 0 aromatic heterocycles. The summed E-state index contributed by atoms with van der Waals surface area (Å²) >= 11 is 0. The molecular formula is C34H41FN4O3. The second-order valence-electron chi connectivity index (χ2n) is 11.4. The van der Waals surface area contributed by atoms with Crippen LogP contribution in [0, 0.1) is 5.82 Å². The lowest BCUT2D eigenvalue weighted by Gasteiger charge is -2.39. The van der Waals surface area contributed by atoms with Crippen LogP contribution in [0.4, 0.5) is 14.9 Å². The van der Waals surface area contributed by atoms with Crippen molar-refractivity contribution in [1.82, 2.24) is 14.7 Å². The summed E-state index contributed by atoms with van der Waals surface area (Å²) in [5.41, 5.74) is 4.30. The van der Waals surface area contributed by atoms with Crippen molar-refractivity contribution in [2.24, 2.45) is 0 Å². The first-order valence-electron chi connectivity index (χ1n) is 15.0. The van der Waals surface area contributed by atoms with E-state index in [1.54, 1.807) is 12.1 Å². The third kappa shape index (κ3) is 8.32. The van der Waals surface area contributed by atoms with Crippen molar-refractivity contribution in [3.8, 4) is 0 Å². The number of halogens is 1. The highest BCUT2D eigenvalue weighted by atomic mass is 19.1. The van der Waals surface area contributed by atoms with Gasteiger partial charge >= 0.3 is 6.09 Å². The number of benzene rings is 3. The van der Waals surface area contributed by atoms with Gasteiger partial charge in [-0.2, -0.15) is 0 Å². The molecule has 2 amide bonds. The van der Waals surface area contributed by atoms with Crippen LogP contribution in [-0.4, -0.2) is 71.5 Å². The molecule has 0 aliphatic carbocycles. The second-order valence-corrected chi connectivity index (χ2v) is 11.4. The largest absolute Gasteiger partial charge is 0.445 e. The van der Waals surface area contributed by atoms with Crippen molar-refractivity contribution in [2.45, 2.75) is 57.8 Å². The minimum atomic E-state index is -0.254. The molecule has 0 spiro atoms. The Balaban J connectivity index is 0.998. The molecule has 7 nitrogen and oxygen atoms in total. The van der Waals surface area contributed by atoms with Crippen molar-refractivity contribution in [2.75, 3.05) is 38.0 Å². The molecule has 222 valence electrons. The van der Waals surface area contributed by atoms with Crippen LogP contribution < -0.4 is 5.32 Å². The normalized spacial score (nSPS) is 18.1. The molecular weight excluding hydrogens is 531 g/mol. The third-order valence-electron chi connectivity index (χ3n) is 8.27. The second kappa shape index (κ2) is 14.3. The summed E-state index contributed by atoms with van der Waals surface area (Å²) in [4.78, 5) is 31.6. The number of anilines is 1. The van der Waals surface area contributed by atoms with Gasteiger partial charge in [0.05, 0.1) is 0 Å². The van der Waals surface area contributed by atoms with Crippen LogP contribution in [0.1, 0.15) is 42.9 Å². The molecule has 1 N–H and O–H groups in total. The van der Waals surface area contributed by atoms with E-state index in [1.165, 1.54) is 23.3 Å². The Morgan fingerprint density at radius 2 is 1.55 bits per heavy atom. The highest BCUT2D eigenvalue weighted by Crippen LogP contribution is 2.19. The van der Waals surface area contributed by atoms with E-state index < -0.39 is 0 Å². The smallest absolute Gasteiger partial charge is 0.410 e. The lowest BCUT2D eigenvalue weighted by atomic mass is 10.0. The lowest BCUT2D eigenvalue weighted by molar-refractivity contribution is -0.132. The van der Waals surface area contributed by atoms with Crippen molar-refractivity contribution < 1.29 is 18.7 Å². The van der Waals surface area contributed by atoms with Crippen LogP contribution in [0.3, 0.4) is 0 Å². The van der Waals surface area contributed by atoms with E-state index in [9.17, 15) is 14.0 Å². The molecule has 2 aliphatic heterocycles. The molecule has 0 saturated carbocycles. The molecule has 2 saturated heterocycles. The summed E-state index contributed by atoms with van der Waals surface area (Å²) in [5, 5.41) is 3.45. The highest BCUT2D eigenvalue weighted by Gasteiger charge is 2.28. The SMILES string of the molecule is C[C@H]1CN(Cc2ccc(CCC(=O)N3CCC(Nc4ccc(F)cc4)CC3)cc2)CCN1C(=O)OCc1ccccc1. The Morgan fingerprint density at radius 3 is 2.24 bits per heavy atom. The number of ether oxygens (including phenoxy) is 1. The van der Waals surface area contributed by atoms with Crippen molar-refractivity contribution in [3.05, 3.63) is 101 Å². The van der Waals surface area contributed by atoms with E-state index in [2.05, 4.69) is 41.4 Å². The number of nitrogens with zero attached hydrogens (tertiary/aromatic N) is 3. The number of likely N-dealkylation sites (tertiary alicyclic amines) is 1. The molecule has 2 heterocycles. The number of carbonyl (C=O) groups is 2. The fraction of sp³-hybridized carbons (Fsp3) is 0.412. The lowest BCUT2D eigenvalue weighted by Crippen LogP contribution is -2.53. The van der Waals surface area contributed by atoms with Gasteiger partial charge in [-0.05, 0) is 67.1 Å². The van der Waals surface area contributed by atoms with Gasteiger partial charge in [-0.15, -0.1) is 0 Å². The van der Waals surface area contributed by atoms with Crippen molar-refractivity contribution in [1.29, 1.82) is 0 Å². The molecule has 2 fully saturated rings. The summed E-state index contributed by atoms with van der Waals surface area (Å²) in [5.74, 6) is -0.0346. The minimum Gasteiger partial charge on any atom is -0.445 e. The maximum atomic E-state index is 13.1. The van der Waals surface area contributed by atoms with Crippen LogP contribution in [0.25, 0.3) is 0 Å². The Hall–Kier alpha value is -3.91. The predicted molar refractivity (Wildman–Crippen MR) is 162 cm³/mol. The average molecular weight is 573 g/mol. The van der Waals surface area contributed by atoms with Crippen LogP contribution in [-0.2, 0) is 29.1 Å². The number of carbonyl (C=O) groups excluding carboxylic acids is 2. The molecule has 5 rings (SSSR count). The summed E-state index contributed by atoms with van der Waals surface area (Å²) < 4.78 is 18.7. The molecule has 42 heavy (non-hydrogen) atoms. The number of amides is 2. The predicted octanol–water partition coefficient (Wildman–Crippen LogP) is 5.70. The van der Waals surface area contributed by atoms with Crippen molar-refractivity contribution >= 4 is 17.7 Å². The Labute approximate surface area is 248 Å². The maximum absolute atomic E-state index is 13.1. The summed E-state index contributed by atoms with van der Waals surface area (Å²) in [6.45, 7) is 6.93. The van der Waals surface area contributed by atoms with Crippen LogP contribution in [0.5, 0.6) is 0 Å². The monoisotopic (exact) mass is 572 g/mol. The third-order valence-corrected chi connectivity index (χ3v) is 8.27. The highest BCUT2D eigenvalue weighted by molar-refractivity contribution is 5.76. The number of aryl methyl sites for hydroxylation is 1. The maximum Gasteiger partial charge on any atom is 0.410 e. The molecule has 0 unspecified atom stereocenters. The van der Waals surface area contributed by atoms with Crippen LogP contribution in [0.15, 0.2) is 78.9 Å². The first-order valence-corrected chi connectivity index (χ1v) is 15.0.